The summed E-state index contributed by atoms with van der Waals surface area (Å²) in [5.41, 5.74) is 0. The van der Waals surface area contributed by atoms with Crippen LogP contribution < -0.4 is 10.0 Å². The number of rotatable bonds is 5. The molecule has 1 aliphatic heterocycles. The Balaban J connectivity index is 0.00000144. The molecule has 0 bridgehead atoms. The highest BCUT2D eigenvalue weighted by Gasteiger charge is 2.28. The number of halogens is 1. The van der Waals surface area contributed by atoms with Crippen molar-refractivity contribution in [3.8, 4) is 0 Å². The molecule has 2 N–H and O–H groups in total. The van der Waals surface area contributed by atoms with Crippen molar-refractivity contribution >= 4 is 22.4 Å². The molecule has 2 atom stereocenters. The van der Waals surface area contributed by atoms with Crippen LogP contribution in [0.4, 0.5) is 0 Å². The molecule has 2 unspecified atom stereocenters. The van der Waals surface area contributed by atoms with Crippen molar-refractivity contribution in [2.45, 2.75) is 38.6 Å². The lowest BCUT2D eigenvalue weighted by Crippen LogP contribution is -2.50. The van der Waals surface area contributed by atoms with E-state index in [1.54, 1.807) is 0 Å². The van der Waals surface area contributed by atoms with Gasteiger partial charge in [-0.1, -0.05) is 19.8 Å². The summed E-state index contributed by atoms with van der Waals surface area (Å²) in [6.07, 6.45) is 4.33. The molecule has 2 fully saturated rings. The molecule has 1 saturated carbocycles. The first-order chi connectivity index (χ1) is 7.57. The van der Waals surface area contributed by atoms with Gasteiger partial charge in [0.15, 0.2) is 0 Å². The minimum Gasteiger partial charge on any atom is -0.315 e. The second-order valence-corrected chi connectivity index (χ2v) is 7.12. The molecule has 0 aromatic rings. The van der Waals surface area contributed by atoms with Crippen molar-refractivity contribution in [2.24, 2.45) is 11.8 Å². The maximum Gasteiger partial charge on any atom is 0.211 e. The Morgan fingerprint density at radius 2 is 2.00 bits per heavy atom. The summed E-state index contributed by atoms with van der Waals surface area (Å²) in [5.74, 6) is 1.43. The van der Waals surface area contributed by atoms with Crippen LogP contribution in [-0.4, -0.2) is 33.3 Å². The van der Waals surface area contributed by atoms with Crippen LogP contribution in [0.15, 0.2) is 0 Å². The third-order valence-electron chi connectivity index (χ3n) is 3.65. The molecule has 0 aromatic carbocycles. The van der Waals surface area contributed by atoms with Gasteiger partial charge in [-0.3, -0.25) is 0 Å². The van der Waals surface area contributed by atoms with Crippen LogP contribution in [0.2, 0.25) is 0 Å². The third-order valence-corrected chi connectivity index (χ3v) is 5.09. The second-order valence-electron chi connectivity index (χ2n) is 5.25. The number of nitrogens with one attached hydrogen (secondary N) is 2. The van der Waals surface area contributed by atoms with Crippen LogP contribution in [0.25, 0.3) is 0 Å². The summed E-state index contributed by atoms with van der Waals surface area (Å²) >= 11 is 0. The van der Waals surface area contributed by atoms with Gasteiger partial charge in [0.2, 0.25) is 10.0 Å². The molecule has 0 amide bonds. The molecule has 1 saturated heterocycles. The van der Waals surface area contributed by atoms with Gasteiger partial charge < -0.3 is 5.32 Å². The van der Waals surface area contributed by atoms with Crippen LogP contribution in [-0.2, 0) is 10.0 Å². The highest BCUT2D eigenvalue weighted by atomic mass is 35.5. The smallest absolute Gasteiger partial charge is 0.211 e. The first-order valence-electron chi connectivity index (χ1n) is 6.27. The fourth-order valence-electron chi connectivity index (χ4n) is 2.17. The molecule has 0 spiro atoms. The summed E-state index contributed by atoms with van der Waals surface area (Å²) in [6.45, 7) is 3.89. The normalized spacial score (nSPS) is 29.7. The molecule has 2 aliphatic rings. The van der Waals surface area contributed by atoms with E-state index in [0.29, 0.717) is 17.6 Å². The molecule has 102 valence electrons. The number of piperidine rings is 1. The summed E-state index contributed by atoms with van der Waals surface area (Å²) in [4.78, 5) is 0. The van der Waals surface area contributed by atoms with Gasteiger partial charge in [0.05, 0.1) is 5.75 Å². The second kappa shape index (κ2) is 6.36. The van der Waals surface area contributed by atoms with E-state index >= 15 is 0 Å². The Bertz CT molecular complexity index is 330. The van der Waals surface area contributed by atoms with Crippen molar-refractivity contribution < 1.29 is 8.42 Å². The maximum atomic E-state index is 11.8. The van der Waals surface area contributed by atoms with E-state index in [9.17, 15) is 8.42 Å². The van der Waals surface area contributed by atoms with Crippen LogP contribution in [0.3, 0.4) is 0 Å². The lowest BCUT2D eigenvalue weighted by atomic mass is 9.96. The monoisotopic (exact) mass is 282 g/mol. The predicted molar refractivity (Wildman–Crippen MR) is 72.0 cm³/mol. The van der Waals surface area contributed by atoms with Gasteiger partial charge >= 0.3 is 0 Å². The van der Waals surface area contributed by atoms with Gasteiger partial charge in [0, 0.05) is 12.6 Å². The van der Waals surface area contributed by atoms with Crippen molar-refractivity contribution in [3.63, 3.8) is 0 Å². The average molecular weight is 283 g/mol. The third kappa shape index (κ3) is 5.12. The Morgan fingerprint density at radius 1 is 1.29 bits per heavy atom. The summed E-state index contributed by atoms with van der Waals surface area (Å²) in [7, 11) is -3.06. The highest BCUT2D eigenvalue weighted by molar-refractivity contribution is 7.89. The van der Waals surface area contributed by atoms with Gasteiger partial charge in [-0.15, -0.1) is 12.4 Å². The maximum absolute atomic E-state index is 11.8. The van der Waals surface area contributed by atoms with E-state index in [4.69, 9.17) is 0 Å². The molecule has 17 heavy (non-hydrogen) atoms. The zero-order valence-electron chi connectivity index (χ0n) is 10.3. The molecular formula is C11H23ClN2O2S. The van der Waals surface area contributed by atoms with Gasteiger partial charge in [-0.2, -0.15) is 0 Å². The molecule has 2 rings (SSSR count). The number of hydrogen-bond acceptors (Lipinski definition) is 3. The van der Waals surface area contributed by atoms with E-state index in [-0.39, 0.29) is 18.4 Å². The first kappa shape index (κ1) is 15.2. The Labute approximate surface area is 110 Å². The van der Waals surface area contributed by atoms with Crippen molar-refractivity contribution in [1.82, 2.24) is 10.0 Å². The molecule has 1 aliphatic carbocycles. The van der Waals surface area contributed by atoms with E-state index in [1.807, 2.05) is 0 Å². The van der Waals surface area contributed by atoms with E-state index in [0.717, 1.165) is 25.9 Å². The fraction of sp³-hybridized carbons (Fsp3) is 1.00. The highest BCUT2D eigenvalue weighted by Crippen LogP contribution is 2.32. The molecule has 4 nitrogen and oxygen atoms in total. The Hall–Kier alpha value is 0.160. The van der Waals surface area contributed by atoms with Crippen molar-refractivity contribution in [2.75, 3.05) is 18.8 Å². The van der Waals surface area contributed by atoms with Crippen LogP contribution in [0, 0.1) is 11.8 Å². The lowest BCUT2D eigenvalue weighted by Gasteiger charge is -2.29. The molecule has 0 radical (unpaired) electrons. The SMILES string of the molecule is CC1CCNCC1NS(=O)(=O)CCC1CC1.Cl. The average Bonchev–Trinajstić information content (AvgIpc) is 3.02. The molecule has 0 aromatic heterocycles. The van der Waals surface area contributed by atoms with Gasteiger partial charge in [-0.05, 0) is 31.2 Å². The lowest BCUT2D eigenvalue weighted by molar-refractivity contribution is 0.327. The van der Waals surface area contributed by atoms with Gasteiger partial charge in [0.25, 0.3) is 0 Å². The summed E-state index contributed by atoms with van der Waals surface area (Å²) in [6, 6.07) is 0.0814. The van der Waals surface area contributed by atoms with Crippen molar-refractivity contribution in [3.05, 3.63) is 0 Å². The Kier molecular flexibility index (Phi) is 5.70. The zero-order valence-corrected chi connectivity index (χ0v) is 11.9. The molecular weight excluding hydrogens is 260 g/mol. The minimum absolute atomic E-state index is 0. The van der Waals surface area contributed by atoms with E-state index in [2.05, 4.69) is 17.0 Å². The first-order valence-corrected chi connectivity index (χ1v) is 7.93. The number of hydrogen-bond donors (Lipinski definition) is 2. The fourth-order valence-corrected chi connectivity index (χ4v) is 3.70. The van der Waals surface area contributed by atoms with Crippen LogP contribution in [0.1, 0.15) is 32.6 Å². The molecule has 6 heteroatoms. The summed E-state index contributed by atoms with van der Waals surface area (Å²) < 4.78 is 26.5. The zero-order chi connectivity index (χ0) is 11.6. The van der Waals surface area contributed by atoms with Crippen LogP contribution >= 0.6 is 12.4 Å². The number of sulfonamides is 1. The van der Waals surface area contributed by atoms with E-state index < -0.39 is 10.0 Å². The summed E-state index contributed by atoms with van der Waals surface area (Å²) in [5, 5.41) is 3.24. The Morgan fingerprint density at radius 3 is 2.59 bits per heavy atom. The predicted octanol–water partition coefficient (Wildman–Crippen LogP) is 1.13. The topological polar surface area (TPSA) is 58.2 Å². The molecule has 1 heterocycles. The quantitative estimate of drug-likeness (QED) is 0.795. The largest absolute Gasteiger partial charge is 0.315 e. The van der Waals surface area contributed by atoms with Gasteiger partial charge in [-0.25, -0.2) is 13.1 Å². The van der Waals surface area contributed by atoms with Crippen LogP contribution in [0.5, 0.6) is 0 Å². The van der Waals surface area contributed by atoms with Crippen molar-refractivity contribution in [1.29, 1.82) is 0 Å². The standard InChI is InChI=1S/C11H22N2O2S.ClH/c1-9-4-6-12-8-11(9)13-16(14,15)7-5-10-2-3-10;/h9-13H,2-8H2,1H3;1H. The minimum atomic E-state index is -3.06. The van der Waals surface area contributed by atoms with Gasteiger partial charge in [0.1, 0.15) is 0 Å². The van der Waals surface area contributed by atoms with E-state index in [1.165, 1.54) is 12.8 Å².